The summed E-state index contributed by atoms with van der Waals surface area (Å²) in [5.74, 6) is 0. The zero-order valence-electron chi connectivity index (χ0n) is 9.41. The lowest BCUT2D eigenvalue weighted by Gasteiger charge is -2.26. The van der Waals surface area contributed by atoms with E-state index in [1.807, 2.05) is 29.2 Å². The zero-order valence-corrected chi connectivity index (χ0v) is 9.41. The maximum Gasteiger partial charge on any atom is 0.317 e. The second-order valence-corrected chi connectivity index (χ2v) is 4.11. The van der Waals surface area contributed by atoms with Crippen LogP contribution >= 0.6 is 0 Å². The van der Waals surface area contributed by atoms with Gasteiger partial charge in [-0.05, 0) is 30.9 Å². The van der Waals surface area contributed by atoms with Crippen LogP contribution in [0.15, 0.2) is 24.3 Å². The van der Waals surface area contributed by atoms with Gasteiger partial charge in [-0.2, -0.15) is 0 Å². The monoisotopic (exact) mass is 217 g/mol. The normalized spacial score (nSPS) is 15.9. The average Bonchev–Trinajstić information content (AvgIpc) is 2.38. The lowest BCUT2D eigenvalue weighted by Crippen LogP contribution is -2.42. The van der Waals surface area contributed by atoms with Gasteiger partial charge in [0.05, 0.1) is 0 Å². The molecule has 16 heavy (non-hydrogen) atoms. The highest BCUT2D eigenvalue weighted by atomic mass is 16.2. The van der Waals surface area contributed by atoms with Crippen molar-refractivity contribution in [3.05, 3.63) is 35.9 Å². The Morgan fingerprint density at radius 2 is 1.94 bits per heavy atom. The molecule has 0 aromatic heterocycles. The molecule has 0 spiro atoms. The second kappa shape index (κ2) is 5.54. The van der Waals surface area contributed by atoms with Crippen LogP contribution in [0.4, 0.5) is 4.79 Å². The Hall–Kier alpha value is -1.51. The van der Waals surface area contributed by atoms with Crippen LogP contribution in [-0.4, -0.2) is 24.0 Å². The molecule has 3 nitrogen and oxygen atoms in total. The molecule has 1 aromatic rings. The van der Waals surface area contributed by atoms with Gasteiger partial charge >= 0.3 is 6.03 Å². The first kappa shape index (κ1) is 11.0. The highest BCUT2D eigenvalue weighted by Crippen LogP contribution is 2.08. The van der Waals surface area contributed by atoms with Crippen LogP contribution in [0.1, 0.15) is 24.8 Å². The summed E-state index contributed by atoms with van der Waals surface area (Å²) in [6.45, 7) is 2.40. The van der Waals surface area contributed by atoms with Gasteiger partial charge in [0, 0.05) is 19.6 Å². The molecule has 0 unspecified atom stereocenters. The number of urea groups is 1. The topological polar surface area (TPSA) is 32.3 Å². The van der Waals surface area contributed by atoms with Gasteiger partial charge in [0.2, 0.25) is 0 Å². The van der Waals surface area contributed by atoms with Gasteiger partial charge in [0.15, 0.2) is 0 Å². The number of nitrogens with zero attached hydrogens (tertiary/aromatic N) is 1. The smallest absolute Gasteiger partial charge is 0.317 e. The number of piperidine rings is 1. The fourth-order valence-electron chi connectivity index (χ4n) is 1.93. The molecule has 0 atom stereocenters. The first-order valence-corrected chi connectivity index (χ1v) is 5.84. The average molecular weight is 217 g/mol. The fourth-order valence-corrected chi connectivity index (χ4v) is 1.93. The van der Waals surface area contributed by atoms with E-state index >= 15 is 0 Å². The van der Waals surface area contributed by atoms with Gasteiger partial charge in [-0.25, -0.2) is 4.79 Å². The summed E-state index contributed by atoms with van der Waals surface area (Å²) in [6, 6.07) is 10.7. The lowest BCUT2D eigenvalue weighted by atomic mass is 10.1. The molecule has 1 heterocycles. The summed E-state index contributed by atoms with van der Waals surface area (Å²) < 4.78 is 0. The summed E-state index contributed by atoms with van der Waals surface area (Å²) in [7, 11) is 0. The second-order valence-electron chi connectivity index (χ2n) is 4.11. The summed E-state index contributed by atoms with van der Waals surface area (Å²) in [5.41, 5.74) is 1.11. The van der Waals surface area contributed by atoms with Crippen LogP contribution in [-0.2, 0) is 6.54 Å². The molecule has 1 N–H and O–H groups in total. The maximum absolute atomic E-state index is 11.8. The van der Waals surface area contributed by atoms with Gasteiger partial charge in [0.1, 0.15) is 0 Å². The molecule has 1 fully saturated rings. The molecule has 2 amide bonds. The fraction of sp³-hybridized carbons (Fsp3) is 0.462. The Kier molecular flexibility index (Phi) is 3.81. The number of carbonyl (C=O) groups is 1. The predicted molar refractivity (Wildman–Crippen MR) is 62.9 cm³/mol. The molecule has 0 aliphatic carbocycles. The minimum atomic E-state index is 0.0625. The number of carbonyl (C=O) groups excluding carboxylic acids is 1. The van der Waals surface area contributed by atoms with E-state index in [2.05, 4.69) is 11.4 Å². The lowest BCUT2D eigenvalue weighted by molar-refractivity contribution is 0.186. The largest absolute Gasteiger partial charge is 0.334 e. The van der Waals surface area contributed by atoms with Crippen LogP contribution in [0, 0.1) is 6.07 Å². The molecule has 1 aliphatic rings. The molecule has 0 bridgehead atoms. The van der Waals surface area contributed by atoms with E-state index in [0.29, 0.717) is 6.54 Å². The molecule has 2 rings (SSSR count). The number of benzene rings is 1. The van der Waals surface area contributed by atoms with Crippen LogP contribution in [0.25, 0.3) is 0 Å². The Morgan fingerprint density at radius 1 is 1.25 bits per heavy atom. The Balaban J connectivity index is 1.79. The number of likely N-dealkylation sites (tertiary alicyclic amines) is 1. The van der Waals surface area contributed by atoms with Crippen LogP contribution in [0.5, 0.6) is 0 Å². The van der Waals surface area contributed by atoms with Crippen LogP contribution in [0.2, 0.25) is 0 Å². The summed E-state index contributed by atoms with van der Waals surface area (Å²) in [4.78, 5) is 13.7. The maximum atomic E-state index is 11.8. The summed E-state index contributed by atoms with van der Waals surface area (Å²) in [6.07, 6.45) is 3.51. The SMILES string of the molecule is O=C(NCc1cc[c]cc1)N1CCCCC1. The van der Waals surface area contributed by atoms with Gasteiger partial charge in [-0.3, -0.25) is 0 Å². The number of hydrogen-bond donors (Lipinski definition) is 1. The van der Waals surface area contributed by atoms with E-state index in [0.717, 1.165) is 31.5 Å². The molecular weight excluding hydrogens is 200 g/mol. The van der Waals surface area contributed by atoms with Gasteiger partial charge in [-0.15, -0.1) is 0 Å². The zero-order chi connectivity index (χ0) is 11.2. The van der Waals surface area contributed by atoms with Crippen LogP contribution < -0.4 is 5.32 Å². The third-order valence-corrected chi connectivity index (χ3v) is 2.87. The van der Waals surface area contributed by atoms with E-state index in [4.69, 9.17) is 0 Å². The number of amides is 2. The number of rotatable bonds is 2. The Bertz CT molecular complexity index is 331. The van der Waals surface area contributed by atoms with E-state index < -0.39 is 0 Å². The molecule has 1 aliphatic heterocycles. The highest BCUT2D eigenvalue weighted by Gasteiger charge is 2.15. The van der Waals surface area contributed by atoms with Crippen LogP contribution in [0.3, 0.4) is 0 Å². The predicted octanol–water partition coefficient (Wildman–Crippen LogP) is 2.18. The Labute approximate surface area is 96.5 Å². The minimum Gasteiger partial charge on any atom is -0.334 e. The van der Waals surface area contributed by atoms with Crippen molar-refractivity contribution in [1.29, 1.82) is 0 Å². The van der Waals surface area contributed by atoms with E-state index in [1.54, 1.807) is 0 Å². The van der Waals surface area contributed by atoms with Crippen molar-refractivity contribution in [2.24, 2.45) is 0 Å². The van der Waals surface area contributed by atoms with Gasteiger partial charge in [-0.1, -0.05) is 24.3 Å². The van der Waals surface area contributed by atoms with Crippen molar-refractivity contribution < 1.29 is 4.79 Å². The Morgan fingerprint density at radius 3 is 2.62 bits per heavy atom. The molecule has 1 radical (unpaired) electrons. The van der Waals surface area contributed by atoms with Crippen molar-refractivity contribution in [2.75, 3.05) is 13.1 Å². The van der Waals surface area contributed by atoms with Crippen molar-refractivity contribution in [1.82, 2.24) is 10.2 Å². The molecule has 85 valence electrons. The molecule has 1 aromatic carbocycles. The van der Waals surface area contributed by atoms with Crippen molar-refractivity contribution >= 4 is 6.03 Å². The summed E-state index contributed by atoms with van der Waals surface area (Å²) in [5, 5.41) is 2.94. The number of hydrogen-bond acceptors (Lipinski definition) is 1. The summed E-state index contributed by atoms with van der Waals surface area (Å²) >= 11 is 0. The van der Waals surface area contributed by atoms with Gasteiger partial charge in [0.25, 0.3) is 0 Å². The van der Waals surface area contributed by atoms with E-state index in [1.165, 1.54) is 6.42 Å². The quantitative estimate of drug-likeness (QED) is 0.809. The third-order valence-electron chi connectivity index (χ3n) is 2.87. The van der Waals surface area contributed by atoms with E-state index in [9.17, 15) is 4.79 Å². The molecule has 3 heteroatoms. The number of nitrogens with one attached hydrogen (secondary N) is 1. The molecule has 1 saturated heterocycles. The van der Waals surface area contributed by atoms with E-state index in [-0.39, 0.29) is 6.03 Å². The third kappa shape index (κ3) is 2.99. The first-order chi connectivity index (χ1) is 7.86. The first-order valence-electron chi connectivity index (χ1n) is 5.84. The van der Waals surface area contributed by atoms with Gasteiger partial charge < -0.3 is 10.2 Å². The van der Waals surface area contributed by atoms with Crippen molar-refractivity contribution in [3.63, 3.8) is 0 Å². The standard InChI is InChI=1S/C13H17N2O/c16-13(15-9-5-2-6-10-15)14-11-12-7-3-1-4-8-12/h3-4,7-8H,2,5-6,9-11H2,(H,14,16). The van der Waals surface area contributed by atoms with Crippen molar-refractivity contribution in [3.8, 4) is 0 Å². The van der Waals surface area contributed by atoms with Crippen molar-refractivity contribution in [2.45, 2.75) is 25.8 Å². The minimum absolute atomic E-state index is 0.0625. The molecular formula is C13H17N2O. The molecule has 0 saturated carbocycles. The highest BCUT2D eigenvalue weighted by molar-refractivity contribution is 5.74.